The Morgan fingerprint density at radius 1 is 1.23 bits per heavy atom. The molecular weight excluding hydrogens is 328 g/mol. The Kier molecular flexibility index (Phi) is 4.93. The molecular formula is C20H22N4O2. The third-order valence-corrected chi connectivity index (χ3v) is 4.70. The van der Waals surface area contributed by atoms with Gasteiger partial charge in [-0.1, -0.05) is 29.4 Å². The van der Waals surface area contributed by atoms with E-state index >= 15 is 0 Å². The lowest BCUT2D eigenvalue weighted by Gasteiger charge is -2.26. The van der Waals surface area contributed by atoms with Crippen molar-refractivity contribution in [1.82, 2.24) is 15.1 Å². The van der Waals surface area contributed by atoms with Crippen molar-refractivity contribution in [3.05, 3.63) is 59.5 Å². The third kappa shape index (κ3) is 3.60. The SMILES string of the molecule is COCCc1noc(-c2ccc(N[C@H]3CCCc4ccccc43)nc2)n1. The molecule has 26 heavy (non-hydrogen) atoms. The Morgan fingerprint density at radius 3 is 3.00 bits per heavy atom. The van der Waals surface area contributed by atoms with E-state index in [0.717, 1.165) is 24.2 Å². The fourth-order valence-electron chi connectivity index (χ4n) is 3.35. The summed E-state index contributed by atoms with van der Waals surface area (Å²) in [7, 11) is 1.65. The highest BCUT2D eigenvalue weighted by molar-refractivity contribution is 5.54. The van der Waals surface area contributed by atoms with Crippen molar-refractivity contribution in [2.75, 3.05) is 19.0 Å². The predicted octanol–water partition coefficient (Wildman–Crippen LogP) is 3.81. The minimum absolute atomic E-state index is 0.308. The summed E-state index contributed by atoms with van der Waals surface area (Å²) in [5, 5.41) is 7.52. The van der Waals surface area contributed by atoms with E-state index < -0.39 is 0 Å². The van der Waals surface area contributed by atoms with Crippen LogP contribution in [0.3, 0.4) is 0 Å². The average Bonchev–Trinajstić information content (AvgIpc) is 3.16. The lowest BCUT2D eigenvalue weighted by Crippen LogP contribution is -2.17. The van der Waals surface area contributed by atoms with E-state index in [2.05, 4.69) is 44.7 Å². The molecule has 2 aromatic heterocycles. The molecule has 0 fully saturated rings. The van der Waals surface area contributed by atoms with E-state index in [4.69, 9.17) is 9.26 Å². The topological polar surface area (TPSA) is 73.1 Å². The Morgan fingerprint density at radius 2 is 2.15 bits per heavy atom. The second-order valence-electron chi connectivity index (χ2n) is 6.48. The first-order valence-electron chi connectivity index (χ1n) is 8.96. The highest BCUT2D eigenvalue weighted by Gasteiger charge is 2.20. The van der Waals surface area contributed by atoms with Gasteiger partial charge in [0.15, 0.2) is 5.82 Å². The summed E-state index contributed by atoms with van der Waals surface area (Å²) >= 11 is 0. The largest absolute Gasteiger partial charge is 0.384 e. The van der Waals surface area contributed by atoms with Gasteiger partial charge in [0, 0.05) is 19.7 Å². The van der Waals surface area contributed by atoms with Gasteiger partial charge in [-0.3, -0.25) is 0 Å². The van der Waals surface area contributed by atoms with Crippen LogP contribution in [0.4, 0.5) is 5.82 Å². The summed E-state index contributed by atoms with van der Waals surface area (Å²) in [6.07, 6.45) is 5.87. The van der Waals surface area contributed by atoms with Crippen LogP contribution in [0, 0.1) is 0 Å². The lowest BCUT2D eigenvalue weighted by atomic mass is 9.88. The number of anilines is 1. The number of ether oxygens (including phenoxy) is 1. The molecule has 0 amide bonds. The standard InChI is InChI=1S/C20H22N4O2/c1-25-12-11-19-23-20(26-24-19)15-9-10-18(21-13-15)22-17-8-4-6-14-5-2-3-7-16(14)17/h2-3,5,7,9-10,13,17H,4,6,8,11-12H2,1H3,(H,21,22)/t17-/m0/s1. The van der Waals surface area contributed by atoms with E-state index in [1.54, 1.807) is 13.3 Å². The second kappa shape index (κ2) is 7.66. The van der Waals surface area contributed by atoms with Crippen molar-refractivity contribution in [1.29, 1.82) is 0 Å². The molecule has 0 saturated heterocycles. The van der Waals surface area contributed by atoms with Crippen LogP contribution in [0.5, 0.6) is 0 Å². The molecule has 0 saturated carbocycles. The third-order valence-electron chi connectivity index (χ3n) is 4.70. The van der Waals surface area contributed by atoms with Crippen molar-refractivity contribution in [3.8, 4) is 11.5 Å². The maximum absolute atomic E-state index is 5.31. The van der Waals surface area contributed by atoms with Gasteiger partial charge in [0.1, 0.15) is 5.82 Å². The van der Waals surface area contributed by atoms with E-state index in [1.165, 1.54) is 17.5 Å². The van der Waals surface area contributed by atoms with E-state index in [-0.39, 0.29) is 0 Å². The summed E-state index contributed by atoms with van der Waals surface area (Å²) < 4.78 is 10.3. The molecule has 6 heteroatoms. The summed E-state index contributed by atoms with van der Waals surface area (Å²) in [5.74, 6) is 1.98. The first-order valence-corrected chi connectivity index (χ1v) is 8.96. The number of aromatic nitrogens is 3. The number of nitrogens with one attached hydrogen (secondary N) is 1. The fourth-order valence-corrected chi connectivity index (χ4v) is 3.35. The van der Waals surface area contributed by atoms with Gasteiger partial charge in [0.05, 0.1) is 18.2 Å². The number of aryl methyl sites for hydroxylation is 1. The van der Waals surface area contributed by atoms with Crippen LogP contribution >= 0.6 is 0 Å². The van der Waals surface area contributed by atoms with Crippen LogP contribution in [0.1, 0.15) is 35.8 Å². The van der Waals surface area contributed by atoms with Gasteiger partial charge in [-0.25, -0.2) is 4.98 Å². The molecule has 0 unspecified atom stereocenters. The molecule has 0 radical (unpaired) electrons. The zero-order chi connectivity index (χ0) is 17.8. The number of nitrogens with zero attached hydrogens (tertiary/aromatic N) is 3. The summed E-state index contributed by atoms with van der Waals surface area (Å²) in [6, 6.07) is 12.9. The number of rotatable bonds is 6. The van der Waals surface area contributed by atoms with Gasteiger partial charge in [-0.05, 0) is 42.5 Å². The van der Waals surface area contributed by atoms with E-state index in [0.29, 0.717) is 30.8 Å². The molecule has 0 aliphatic heterocycles. The van der Waals surface area contributed by atoms with E-state index in [1.807, 2.05) is 12.1 Å². The molecule has 1 aromatic carbocycles. The minimum atomic E-state index is 0.308. The first kappa shape index (κ1) is 16.7. The van der Waals surface area contributed by atoms with Gasteiger partial charge in [-0.2, -0.15) is 4.98 Å². The molecule has 1 N–H and O–H groups in total. The maximum atomic E-state index is 5.31. The van der Waals surface area contributed by atoms with Crippen LogP contribution in [-0.2, 0) is 17.6 Å². The second-order valence-corrected chi connectivity index (χ2v) is 6.48. The van der Waals surface area contributed by atoms with Crippen LogP contribution in [0.15, 0.2) is 47.1 Å². The number of benzene rings is 1. The molecule has 0 spiro atoms. The van der Waals surface area contributed by atoms with Crippen molar-refractivity contribution >= 4 is 5.82 Å². The monoisotopic (exact) mass is 350 g/mol. The average molecular weight is 350 g/mol. The van der Waals surface area contributed by atoms with Crippen molar-refractivity contribution in [2.24, 2.45) is 0 Å². The zero-order valence-electron chi connectivity index (χ0n) is 14.8. The minimum Gasteiger partial charge on any atom is -0.384 e. The fraction of sp³-hybridized carbons (Fsp3) is 0.350. The number of methoxy groups -OCH3 is 1. The summed E-state index contributed by atoms with van der Waals surface area (Å²) in [5.41, 5.74) is 3.63. The lowest BCUT2D eigenvalue weighted by molar-refractivity contribution is 0.199. The molecule has 1 aliphatic rings. The number of pyridine rings is 1. The smallest absolute Gasteiger partial charge is 0.259 e. The highest BCUT2D eigenvalue weighted by Crippen LogP contribution is 2.32. The number of hydrogen-bond donors (Lipinski definition) is 1. The quantitative estimate of drug-likeness (QED) is 0.729. The molecule has 1 atom stereocenters. The molecule has 0 bridgehead atoms. The number of hydrogen-bond acceptors (Lipinski definition) is 6. The van der Waals surface area contributed by atoms with Crippen molar-refractivity contribution in [2.45, 2.75) is 31.7 Å². The Bertz CT molecular complexity index is 860. The Labute approximate surface area is 152 Å². The van der Waals surface area contributed by atoms with Gasteiger partial charge in [-0.15, -0.1) is 0 Å². The predicted molar refractivity (Wildman–Crippen MR) is 98.9 cm³/mol. The van der Waals surface area contributed by atoms with Crippen LogP contribution in [0.25, 0.3) is 11.5 Å². The van der Waals surface area contributed by atoms with Crippen LogP contribution < -0.4 is 5.32 Å². The zero-order valence-corrected chi connectivity index (χ0v) is 14.8. The number of fused-ring (bicyclic) bond motifs is 1. The van der Waals surface area contributed by atoms with Crippen LogP contribution in [-0.4, -0.2) is 28.8 Å². The van der Waals surface area contributed by atoms with Crippen molar-refractivity contribution in [3.63, 3.8) is 0 Å². The van der Waals surface area contributed by atoms with Crippen LogP contribution in [0.2, 0.25) is 0 Å². The van der Waals surface area contributed by atoms with Crippen molar-refractivity contribution < 1.29 is 9.26 Å². The maximum Gasteiger partial charge on any atom is 0.259 e. The molecule has 4 rings (SSSR count). The molecule has 1 aliphatic carbocycles. The molecule has 3 aromatic rings. The molecule has 2 heterocycles. The molecule has 6 nitrogen and oxygen atoms in total. The molecule has 134 valence electrons. The van der Waals surface area contributed by atoms with Gasteiger partial charge in [0.25, 0.3) is 5.89 Å². The van der Waals surface area contributed by atoms with E-state index in [9.17, 15) is 0 Å². The highest BCUT2D eigenvalue weighted by atomic mass is 16.5. The van der Waals surface area contributed by atoms with Gasteiger partial charge >= 0.3 is 0 Å². The van der Waals surface area contributed by atoms with Gasteiger partial charge in [0.2, 0.25) is 0 Å². The first-order chi connectivity index (χ1) is 12.8. The van der Waals surface area contributed by atoms with Gasteiger partial charge < -0.3 is 14.6 Å². The Balaban J connectivity index is 1.46. The summed E-state index contributed by atoms with van der Waals surface area (Å²) in [4.78, 5) is 8.90. The summed E-state index contributed by atoms with van der Waals surface area (Å²) in [6.45, 7) is 0.572. The normalized spacial score (nSPS) is 16.3. The Hall–Kier alpha value is -2.73.